The predicted octanol–water partition coefficient (Wildman–Crippen LogP) is 2.75. The summed E-state index contributed by atoms with van der Waals surface area (Å²) in [7, 11) is 0. The quantitative estimate of drug-likeness (QED) is 0.719. The first-order valence-corrected chi connectivity index (χ1v) is 4.67. The third-order valence-electron chi connectivity index (χ3n) is 1.81. The number of rotatable bonds is 2. The molecule has 76 valence electrons. The highest BCUT2D eigenvalue weighted by Gasteiger charge is 2.06. The van der Waals surface area contributed by atoms with E-state index in [-0.39, 0.29) is 5.41 Å². The lowest BCUT2D eigenvalue weighted by Crippen LogP contribution is -1.99. The lowest BCUT2D eigenvalue weighted by molar-refractivity contribution is 0.547. The molecule has 0 atom stereocenters. The van der Waals surface area contributed by atoms with Crippen molar-refractivity contribution < 1.29 is 0 Å². The maximum absolute atomic E-state index is 4.04. The zero-order valence-corrected chi connectivity index (χ0v) is 9.28. The van der Waals surface area contributed by atoms with E-state index >= 15 is 0 Å². The Hall–Kier alpha value is -1.38. The minimum atomic E-state index is 0.159. The first-order chi connectivity index (χ1) is 6.44. The summed E-state index contributed by atoms with van der Waals surface area (Å²) in [6.45, 7) is 12.1. The number of nitrogens with zero attached hydrogens (tertiary/aromatic N) is 3. The maximum atomic E-state index is 4.04. The van der Waals surface area contributed by atoms with Gasteiger partial charge in [-0.1, -0.05) is 33.4 Å². The molecule has 0 radical (unpaired) electrons. The van der Waals surface area contributed by atoms with Gasteiger partial charge in [0, 0.05) is 6.20 Å². The molecule has 0 bridgehead atoms. The Morgan fingerprint density at radius 3 is 2.43 bits per heavy atom. The van der Waals surface area contributed by atoms with Crippen molar-refractivity contribution in [2.24, 2.45) is 5.41 Å². The van der Waals surface area contributed by atoms with E-state index in [4.69, 9.17) is 0 Å². The highest BCUT2D eigenvalue weighted by atomic mass is 15.3. The first kappa shape index (κ1) is 10.7. The van der Waals surface area contributed by atoms with Gasteiger partial charge in [0.1, 0.15) is 5.82 Å². The molecule has 1 aromatic heterocycles. The molecule has 0 aliphatic heterocycles. The van der Waals surface area contributed by atoms with Crippen LogP contribution in [0.15, 0.2) is 12.7 Å². The van der Waals surface area contributed by atoms with E-state index in [1.165, 1.54) is 0 Å². The molecule has 3 heteroatoms. The van der Waals surface area contributed by atoms with E-state index < -0.39 is 0 Å². The van der Waals surface area contributed by atoms with Crippen molar-refractivity contribution in [2.45, 2.75) is 27.7 Å². The standard InChI is InChI=1S/C11H17N3/c1-6-14-9(2)12-13-10(14)7-8-11(3,4)5/h6-8H,1H2,2-5H3/b8-7-. The summed E-state index contributed by atoms with van der Waals surface area (Å²) in [6.07, 6.45) is 5.80. The number of allylic oxidation sites excluding steroid dienone is 1. The summed E-state index contributed by atoms with van der Waals surface area (Å²) in [5.41, 5.74) is 0.159. The third kappa shape index (κ3) is 2.55. The van der Waals surface area contributed by atoms with Gasteiger partial charge in [0.2, 0.25) is 0 Å². The second-order valence-electron chi connectivity index (χ2n) is 4.36. The zero-order valence-electron chi connectivity index (χ0n) is 9.28. The predicted molar refractivity (Wildman–Crippen MR) is 59.6 cm³/mol. The van der Waals surface area contributed by atoms with Crippen LogP contribution in [0.1, 0.15) is 32.4 Å². The molecule has 0 aliphatic carbocycles. The molecule has 0 aliphatic rings. The van der Waals surface area contributed by atoms with Crippen LogP contribution in [-0.4, -0.2) is 14.8 Å². The second-order valence-corrected chi connectivity index (χ2v) is 4.36. The SMILES string of the molecule is C=Cn1c(C)nnc1/C=C\C(C)(C)C. The van der Waals surface area contributed by atoms with Crippen molar-refractivity contribution in [1.29, 1.82) is 0 Å². The minimum absolute atomic E-state index is 0.159. The van der Waals surface area contributed by atoms with E-state index in [0.29, 0.717) is 0 Å². The van der Waals surface area contributed by atoms with Crippen LogP contribution in [0.3, 0.4) is 0 Å². The van der Waals surface area contributed by atoms with Gasteiger partial charge in [-0.15, -0.1) is 10.2 Å². The van der Waals surface area contributed by atoms with Crippen molar-refractivity contribution in [1.82, 2.24) is 14.8 Å². The van der Waals surface area contributed by atoms with Crippen LogP contribution >= 0.6 is 0 Å². The minimum Gasteiger partial charge on any atom is -0.287 e. The molecular formula is C11H17N3. The molecule has 0 spiro atoms. The Balaban J connectivity index is 2.98. The van der Waals surface area contributed by atoms with E-state index in [2.05, 4.69) is 43.6 Å². The lowest BCUT2D eigenvalue weighted by atomic mass is 9.96. The zero-order chi connectivity index (χ0) is 10.8. The smallest absolute Gasteiger partial charge is 0.160 e. The number of aryl methyl sites for hydroxylation is 1. The molecule has 0 fully saturated rings. The van der Waals surface area contributed by atoms with E-state index in [1.54, 1.807) is 6.20 Å². The Bertz CT molecular complexity index is 353. The fourth-order valence-corrected chi connectivity index (χ4v) is 1.05. The average Bonchev–Trinajstić information content (AvgIpc) is 2.41. The average molecular weight is 191 g/mol. The van der Waals surface area contributed by atoms with Crippen molar-refractivity contribution in [2.75, 3.05) is 0 Å². The van der Waals surface area contributed by atoms with Gasteiger partial charge in [-0.2, -0.15) is 0 Å². The molecular weight excluding hydrogens is 174 g/mol. The Kier molecular flexibility index (Phi) is 2.89. The maximum Gasteiger partial charge on any atom is 0.160 e. The third-order valence-corrected chi connectivity index (χ3v) is 1.81. The van der Waals surface area contributed by atoms with Gasteiger partial charge >= 0.3 is 0 Å². The van der Waals surface area contributed by atoms with E-state index in [0.717, 1.165) is 11.6 Å². The van der Waals surface area contributed by atoms with Crippen molar-refractivity contribution in [3.05, 3.63) is 24.3 Å². The van der Waals surface area contributed by atoms with E-state index in [9.17, 15) is 0 Å². The number of aromatic nitrogens is 3. The van der Waals surface area contributed by atoms with Crippen molar-refractivity contribution in [3.8, 4) is 0 Å². The largest absolute Gasteiger partial charge is 0.287 e. The van der Waals surface area contributed by atoms with Crippen molar-refractivity contribution >= 4 is 12.3 Å². The van der Waals surface area contributed by atoms with Gasteiger partial charge < -0.3 is 0 Å². The summed E-state index contributed by atoms with van der Waals surface area (Å²) < 4.78 is 1.86. The molecule has 0 amide bonds. The summed E-state index contributed by atoms with van der Waals surface area (Å²) in [4.78, 5) is 0. The molecule has 0 unspecified atom stereocenters. The monoisotopic (exact) mass is 191 g/mol. The molecule has 1 rings (SSSR count). The fraction of sp³-hybridized carbons (Fsp3) is 0.455. The molecule has 14 heavy (non-hydrogen) atoms. The van der Waals surface area contributed by atoms with Crippen LogP contribution in [0.2, 0.25) is 0 Å². The summed E-state index contributed by atoms with van der Waals surface area (Å²) in [5, 5.41) is 8.02. The van der Waals surface area contributed by atoms with Gasteiger partial charge in [-0.25, -0.2) is 0 Å². The topological polar surface area (TPSA) is 30.7 Å². The Morgan fingerprint density at radius 2 is 1.93 bits per heavy atom. The van der Waals surface area contributed by atoms with Crippen LogP contribution in [0, 0.1) is 12.3 Å². The first-order valence-electron chi connectivity index (χ1n) is 4.67. The van der Waals surface area contributed by atoms with Crippen LogP contribution < -0.4 is 0 Å². The summed E-state index contributed by atoms with van der Waals surface area (Å²) in [5.74, 6) is 1.68. The molecule has 0 saturated carbocycles. The van der Waals surface area contributed by atoms with Crippen LogP contribution in [-0.2, 0) is 0 Å². The van der Waals surface area contributed by atoms with Crippen LogP contribution in [0.25, 0.3) is 12.3 Å². The molecule has 0 N–H and O–H groups in total. The summed E-state index contributed by atoms with van der Waals surface area (Å²) in [6, 6.07) is 0. The van der Waals surface area contributed by atoms with Crippen molar-refractivity contribution in [3.63, 3.8) is 0 Å². The lowest BCUT2D eigenvalue weighted by Gasteiger charge is -2.10. The van der Waals surface area contributed by atoms with Gasteiger partial charge in [-0.05, 0) is 18.4 Å². The van der Waals surface area contributed by atoms with Gasteiger partial charge in [0.05, 0.1) is 0 Å². The molecule has 1 aromatic rings. The summed E-state index contributed by atoms with van der Waals surface area (Å²) >= 11 is 0. The highest BCUT2D eigenvalue weighted by Crippen LogP contribution is 2.16. The van der Waals surface area contributed by atoms with Crippen LogP contribution in [0.5, 0.6) is 0 Å². The van der Waals surface area contributed by atoms with Gasteiger partial charge in [0.15, 0.2) is 5.82 Å². The van der Waals surface area contributed by atoms with Gasteiger partial charge in [0.25, 0.3) is 0 Å². The molecule has 0 saturated heterocycles. The normalized spacial score (nSPS) is 12.3. The second kappa shape index (κ2) is 3.78. The number of hydrogen-bond acceptors (Lipinski definition) is 2. The fourth-order valence-electron chi connectivity index (χ4n) is 1.05. The highest BCUT2D eigenvalue weighted by molar-refractivity contribution is 5.45. The van der Waals surface area contributed by atoms with E-state index in [1.807, 2.05) is 17.6 Å². The molecule has 1 heterocycles. The number of hydrogen-bond donors (Lipinski definition) is 0. The molecule has 3 nitrogen and oxygen atoms in total. The van der Waals surface area contributed by atoms with Crippen LogP contribution in [0.4, 0.5) is 0 Å². The Labute approximate surface area is 85.2 Å². The van der Waals surface area contributed by atoms with Gasteiger partial charge in [-0.3, -0.25) is 4.57 Å². The Morgan fingerprint density at radius 1 is 1.29 bits per heavy atom. The molecule has 0 aromatic carbocycles.